The molecule has 0 aliphatic heterocycles. The molecule has 2 aromatic heterocycles. The Balaban J connectivity index is 1.67. The van der Waals surface area contributed by atoms with Crippen LogP contribution in [-0.2, 0) is 0 Å². The third-order valence-corrected chi connectivity index (χ3v) is 6.79. The molecule has 0 saturated carbocycles. The Morgan fingerprint density at radius 3 is 1.93 bits per heavy atom. The fourth-order valence-electron chi connectivity index (χ4n) is 4.90. The summed E-state index contributed by atoms with van der Waals surface area (Å²) in [6.07, 6.45) is 1.86. The molecule has 0 saturated heterocycles. The van der Waals surface area contributed by atoms with Gasteiger partial charge in [0, 0.05) is 23.4 Å². The van der Waals surface area contributed by atoms with Gasteiger partial charge in [-0.1, -0.05) is 85.4 Å². The number of hydrogen-bond acceptors (Lipinski definition) is 3. The van der Waals surface area contributed by atoms with Crippen molar-refractivity contribution >= 4 is 18.3 Å². The van der Waals surface area contributed by atoms with Crippen molar-refractivity contribution < 1.29 is 4.92 Å². The van der Waals surface area contributed by atoms with Crippen LogP contribution in [0.2, 0.25) is 0 Å². The lowest BCUT2D eigenvalue weighted by molar-refractivity contribution is -0.384. The van der Waals surface area contributed by atoms with Gasteiger partial charge < -0.3 is 4.57 Å². The number of aromatic nitrogens is 3. The number of aromatic amines is 1. The lowest BCUT2D eigenvalue weighted by atomic mass is 10.1. The van der Waals surface area contributed by atoms with Crippen molar-refractivity contribution in [1.29, 1.82) is 0 Å². The standard InChI is InChI=1S/C33H24N4O3/c1-23-30(33(38)36(34-23)28-15-9-4-10-16-28)21-26-22-31(24-11-5-2-6-12-24)35(32(26)25-13-7-3-8-14-25)27-17-19-29(20-18-27)37(39)40/h2-22,34H,1H2. The molecule has 40 heavy (non-hydrogen) atoms. The van der Waals surface area contributed by atoms with Crippen LogP contribution < -0.4 is 16.1 Å². The molecule has 0 aliphatic carbocycles. The Morgan fingerprint density at radius 1 is 0.750 bits per heavy atom. The largest absolute Gasteiger partial charge is 0.309 e. The average Bonchev–Trinajstić information content (AvgIpc) is 3.51. The average molecular weight is 525 g/mol. The summed E-state index contributed by atoms with van der Waals surface area (Å²) < 4.78 is 3.56. The van der Waals surface area contributed by atoms with Crippen LogP contribution in [0.25, 0.3) is 46.5 Å². The monoisotopic (exact) mass is 524 g/mol. The second-order valence-corrected chi connectivity index (χ2v) is 9.30. The van der Waals surface area contributed by atoms with E-state index in [4.69, 9.17) is 0 Å². The van der Waals surface area contributed by atoms with E-state index in [-0.39, 0.29) is 11.2 Å². The van der Waals surface area contributed by atoms with Crippen LogP contribution in [0, 0.1) is 10.1 Å². The number of nitro benzene ring substituents is 1. The van der Waals surface area contributed by atoms with Gasteiger partial charge in [-0.3, -0.25) is 20.0 Å². The second kappa shape index (κ2) is 10.2. The lowest BCUT2D eigenvalue weighted by Crippen LogP contribution is -2.34. The second-order valence-electron chi connectivity index (χ2n) is 9.30. The smallest absolute Gasteiger partial charge is 0.279 e. The van der Waals surface area contributed by atoms with Crippen LogP contribution >= 0.6 is 0 Å². The van der Waals surface area contributed by atoms with Crippen LogP contribution in [0.5, 0.6) is 0 Å². The maximum atomic E-state index is 13.6. The van der Waals surface area contributed by atoms with Crippen molar-refractivity contribution in [3.63, 3.8) is 0 Å². The Morgan fingerprint density at radius 2 is 1.32 bits per heavy atom. The molecule has 0 amide bonds. The molecule has 0 bridgehead atoms. The molecule has 0 radical (unpaired) electrons. The molecule has 1 N–H and O–H groups in total. The van der Waals surface area contributed by atoms with Crippen LogP contribution in [0.1, 0.15) is 5.56 Å². The minimum atomic E-state index is -0.408. The summed E-state index contributed by atoms with van der Waals surface area (Å²) in [4.78, 5) is 24.5. The van der Waals surface area contributed by atoms with Gasteiger partial charge in [0.15, 0.2) is 0 Å². The molecule has 0 fully saturated rings. The number of benzene rings is 4. The summed E-state index contributed by atoms with van der Waals surface area (Å²) in [7, 11) is 0. The molecule has 194 valence electrons. The summed E-state index contributed by atoms with van der Waals surface area (Å²) in [5.74, 6) is 0. The number of non-ortho nitro benzene ring substituents is 1. The Kier molecular flexibility index (Phi) is 6.30. The van der Waals surface area contributed by atoms with Gasteiger partial charge in [-0.15, -0.1) is 0 Å². The first-order valence-electron chi connectivity index (χ1n) is 12.7. The molecule has 2 heterocycles. The van der Waals surface area contributed by atoms with Crippen LogP contribution in [0.3, 0.4) is 0 Å². The van der Waals surface area contributed by atoms with E-state index in [0.29, 0.717) is 16.3 Å². The number of rotatable bonds is 6. The molecule has 0 spiro atoms. The summed E-state index contributed by atoms with van der Waals surface area (Å²) in [5.41, 5.74) is 5.71. The number of hydrogen-bond donors (Lipinski definition) is 1. The van der Waals surface area contributed by atoms with E-state index in [0.717, 1.165) is 33.8 Å². The number of nitro groups is 1. The fraction of sp³-hybridized carbons (Fsp3) is 0. The van der Waals surface area contributed by atoms with Crippen LogP contribution in [0.15, 0.2) is 126 Å². The van der Waals surface area contributed by atoms with Crippen LogP contribution in [-0.4, -0.2) is 19.3 Å². The first kappa shape index (κ1) is 24.6. The van der Waals surface area contributed by atoms with Gasteiger partial charge >= 0.3 is 0 Å². The van der Waals surface area contributed by atoms with Crippen molar-refractivity contribution in [2.45, 2.75) is 0 Å². The topological polar surface area (TPSA) is 85.9 Å². The SMILES string of the molecule is C=c1[nH]n(-c2ccccc2)c(=O)c1=Cc1cc(-c2ccccc2)n(-c2ccc([N+](=O)[O-])cc2)c1-c1ccccc1. The first-order valence-corrected chi connectivity index (χ1v) is 12.7. The number of nitrogens with one attached hydrogen (secondary N) is 1. The maximum Gasteiger partial charge on any atom is 0.279 e. The molecule has 7 heteroatoms. The molecule has 0 aliphatic rings. The zero-order valence-corrected chi connectivity index (χ0v) is 21.4. The van der Waals surface area contributed by atoms with Gasteiger partial charge in [-0.05, 0) is 47.5 Å². The summed E-state index contributed by atoms with van der Waals surface area (Å²) in [5, 5.41) is 15.4. The minimum absolute atomic E-state index is 0.0145. The Bertz CT molecular complexity index is 1990. The summed E-state index contributed by atoms with van der Waals surface area (Å²) in [6, 6.07) is 37.7. The predicted octanol–water partition coefficient (Wildman–Crippen LogP) is 5.44. The van der Waals surface area contributed by atoms with Crippen molar-refractivity contribution in [2.24, 2.45) is 0 Å². The lowest BCUT2D eigenvalue weighted by Gasteiger charge is -2.15. The molecule has 0 atom stereocenters. The predicted molar refractivity (Wildman–Crippen MR) is 158 cm³/mol. The normalized spacial score (nSPS) is 11.6. The van der Waals surface area contributed by atoms with Gasteiger partial charge in [0.1, 0.15) is 0 Å². The third kappa shape index (κ3) is 4.46. The third-order valence-electron chi connectivity index (χ3n) is 6.79. The van der Waals surface area contributed by atoms with Gasteiger partial charge in [0.25, 0.3) is 11.2 Å². The number of nitrogens with zero attached hydrogens (tertiary/aromatic N) is 3. The summed E-state index contributed by atoms with van der Waals surface area (Å²) in [6.45, 7) is 4.12. The minimum Gasteiger partial charge on any atom is -0.309 e. The van der Waals surface area contributed by atoms with Gasteiger partial charge in [0.2, 0.25) is 0 Å². The van der Waals surface area contributed by atoms with E-state index in [1.165, 1.54) is 16.8 Å². The van der Waals surface area contributed by atoms with E-state index in [2.05, 4.69) is 16.2 Å². The highest BCUT2D eigenvalue weighted by atomic mass is 16.6. The quantitative estimate of drug-likeness (QED) is 0.233. The van der Waals surface area contributed by atoms with E-state index >= 15 is 0 Å². The number of H-pyrrole nitrogens is 1. The zero-order chi connectivity index (χ0) is 27.6. The molecular formula is C33H24N4O3. The Labute approximate surface area is 229 Å². The molecule has 6 aromatic rings. The highest BCUT2D eigenvalue weighted by molar-refractivity contribution is 5.82. The fourth-order valence-corrected chi connectivity index (χ4v) is 4.90. The van der Waals surface area contributed by atoms with Crippen molar-refractivity contribution in [1.82, 2.24) is 14.3 Å². The summed E-state index contributed by atoms with van der Waals surface area (Å²) >= 11 is 0. The molecule has 4 aromatic carbocycles. The zero-order valence-electron chi connectivity index (χ0n) is 21.4. The van der Waals surface area contributed by atoms with Crippen molar-refractivity contribution in [2.75, 3.05) is 0 Å². The van der Waals surface area contributed by atoms with E-state index in [1.54, 1.807) is 12.1 Å². The molecule has 6 rings (SSSR count). The molecule has 7 nitrogen and oxygen atoms in total. The van der Waals surface area contributed by atoms with Gasteiger partial charge in [-0.25, -0.2) is 4.68 Å². The van der Waals surface area contributed by atoms with Crippen LogP contribution in [0.4, 0.5) is 5.69 Å². The molecule has 0 unspecified atom stereocenters. The maximum absolute atomic E-state index is 13.6. The van der Waals surface area contributed by atoms with E-state index in [1.807, 2.05) is 103 Å². The van der Waals surface area contributed by atoms with E-state index in [9.17, 15) is 14.9 Å². The molecular weight excluding hydrogens is 500 g/mol. The first-order chi connectivity index (χ1) is 19.5. The van der Waals surface area contributed by atoms with Crippen molar-refractivity contribution in [3.8, 4) is 33.9 Å². The van der Waals surface area contributed by atoms with Gasteiger partial charge in [0.05, 0.1) is 32.6 Å². The number of para-hydroxylation sites is 1. The van der Waals surface area contributed by atoms with E-state index < -0.39 is 4.92 Å². The van der Waals surface area contributed by atoms with Gasteiger partial charge in [-0.2, -0.15) is 0 Å². The highest BCUT2D eigenvalue weighted by Crippen LogP contribution is 2.36. The Hall–Kier alpha value is -5.69. The highest BCUT2D eigenvalue weighted by Gasteiger charge is 2.19. The van der Waals surface area contributed by atoms with Crippen molar-refractivity contribution in [3.05, 3.63) is 158 Å².